The molecule has 0 saturated heterocycles. The average molecular weight is 284 g/mol. The summed E-state index contributed by atoms with van der Waals surface area (Å²) in [5.74, 6) is 0.935. The van der Waals surface area contributed by atoms with Crippen LogP contribution in [0.25, 0.3) is 0 Å². The van der Waals surface area contributed by atoms with Gasteiger partial charge in [-0.3, -0.25) is 0 Å². The third-order valence-electron chi connectivity index (χ3n) is 2.59. The maximum atomic E-state index is 10.7. The van der Waals surface area contributed by atoms with E-state index >= 15 is 0 Å². The van der Waals surface area contributed by atoms with Gasteiger partial charge in [-0.25, -0.2) is 0 Å². The second-order valence-electron chi connectivity index (χ2n) is 4.02. The summed E-state index contributed by atoms with van der Waals surface area (Å²) in [6.45, 7) is 2.13. The molecule has 0 amide bonds. The van der Waals surface area contributed by atoms with Crippen LogP contribution in [-0.2, 0) is 4.79 Å². The summed E-state index contributed by atoms with van der Waals surface area (Å²) in [4.78, 5) is 19.2. The number of rotatable bonds is 9. The molecule has 19 heavy (non-hydrogen) atoms. The van der Waals surface area contributed by atoms with Crippen LogP contribution < -0.4 is 9.47 Å². The van der Waals surface area contributed by atoms with Gasteiger partial charge in [-0.1, -0.05) is 31.5 Å². The minimum absolute atomic E-state index is 0.203. The van der Waals surface area contributed by atoms with Crippen molar-refractivity contribution in [3.8, 4) is 11.8 Å². The molecule has 1 unspecified atom stereocenters. The van der Waals surface area contributed by atoms with Crippen molar-refractivity contribution >= 4 is 18.0 Å². The van der Waals surface area contributed by atoms with Gasteiger partial charge in [0.2, 0.25) is 11.8 Å². The van der Waals surface area contributed by atoms with Gasteiger partial charge in [-0.05, 0) is 6.42 Å². The van der Waals surface area contributed by atoms with Gasteiger partial charge in [0.25, 0.3) is 0 Å². The standard InChI is InChI=1S/C13H20N2O3S/c1-4-5-6-10(7-8-16)19-13-14-11(17-2)9-12(15-13)18-3/h8-10H,4-7H2,1-3H3. The maximum absolute atomic E-state index is 10.7. The summed E-state index contributed by atoms with van der Waals surface area (Å²) in [5.41, 5.74) is 0. The third-order valence-corrected chi connectivity index (χ3v) is 3.74. The first kappa shape index (κ1) is 15.8. The molecule has 1 heterocycles. The SMILES string of the molecule is CCCCC(CC=O)Sc1nc(OC)cc(OC)n1. The molecule has 6 heteroatoms. The van der Waals surface area contributed by atoms with Crippen molar-refractivity contribution in [1.82, 2.24) is 9.97 Å². The van der Waals surface area contributed by atoms with E-state index in [0.29, 0.717) is 23.3 Å². The number of hydrogen-bond acceptors (Lipinski definition) is 6. The number of unbranched alkanes of at least 4 members (excludes halogenated alkanes) is 1. The minimum Gasteiger partial charge on any atom is -0.481 e. The Morgan fingerprint density at radius 1 is 1.32 bits per heavy atom. The van der Waals surface area contributed by atoms with Gasteiger partial charge in [-0.15, -0.1) is 0 Å². The quantitative estimate of drug-likeness (QED) is 0.395. The zero-order valence-corrected chi connectivity index (χ0v) is 12.4. The van der Waals surface area contributed by atoms with E-state index in [-0.39, 0.29) is 5.25 Å². The lowest BCUT2D eigenvalue weighted by Crippen LogP contribution is -2.05. The van der Waals surface area contributed by atoms with E-state index in [1.165, 1.54) is 11.8 Å². The number of aromatic nitrogens is 2. The summed E-state index contributed by atoms with van der Waals surface area (Å²) in [5, 5.41) is 0.786. The first-order valence-electron chi connectivity index (χ1n) is 6.30. The zero-order valence-electron chi connectivity index (χ0n) is 11.6. The van der Waals surface area contributed by atoms with Crippen LogP contribution >= 0.6 is 11.8 Å². The summed E-state index contributed by atoms with van der Waals surface area (Å²) in [6, 6.07) is 1.63. The number of methoxy groups -OCH3 is 2. The van der Waals surface area contributed by atoms with Gasteiger partial charge in [0.15, 0.2) is 5.16 Å². The van der Waals surface area contributed by atoms with Crippen molar-refractivity contribution in [2.45, 2.75) is 43.0 Å². The fourth-order valence-corrected chi connectivity index (χ4v) is 2.60. The highest BCUT2D eigenvalue weighted by Gasteiger charge is 2.14. The Balaban J connectivity index is 2.78. The molecule has 0 spiro atoms. The van der Waals surface area contributed by atoms with Gasteiger partial charge >= 0.3 is 0 Å². The van der Waals surface area contributed by atoms with Gasteiger partial charge in [0.1, 0.15) is 6.29 Å². The highest BCUT2D eigenvalue weighted by Crippen LogP contribution is 2.28. The van der Waals surface area contributed by atoms with E-state index in [4.69, 9.17) is 9.47 Å². The Morgan fingerprint density at radius 3 is 2.42 bits per heavy atom. The first-order chi connectivity index (χ1) is 9.23. The monoisotopic (exact) mass is 284 g/mol. The fraction of sp³-hybridized carbons (Fsp3) is 0.615. The molecular weight excluding hydrogens is 264 g/mol. The second kappa shape index (κ2) is 8.74. The van der Waals surface area contributed by atoms with Crippen LogP contribution in [0.5, 0.6) is 11.8 Å². The summed E-state index contributed by atoms with van der Waals surface area (Å²) in [6.07, 6.45) is 4.63. The van der Waals surface area contributed by atoms with Gasteiger partial charge < -0.3 is 14.3 Å². The zero-order chi connectivity index (χ0) is 14.1. The molecule has 0 fully saturated rings. The Bertz CT molecular complexity index is 379. The van der Waals surface area contributed by atoms with Gasteiger partial charge in [-0.2, -0.15) is 9.97 Å². The molecule has 1 aromatic heterocycles. The van der Waals surface area contributed by atoms with E-state index < -0.39 is 0 Å². The molecule has 0 aromatic carbocycles. The highest BCUT2D eigenvalue weighted by atomic mass is 32.2. The van der Waals surface area contributed by atoms with Crippen molar-refractivity contribution < 1.29 is 14.3 Å². The van der Waals surface area contributed by atoms with E-state index in [0.717, 1.165) is 25.5 Å². The van der Waals surface area contributed by atoms with Crippen LogP contribution in [0.2, 0.25) is 0 Å². The molecule has 106 valence electrons. The van der Waals surface area contributed by atoms with Crippen LogP contribution in [0.3, 0.4) is 0 Å². The number of aldehydes is 1. The normalized spacial score (nSPS) is 11.9. The maximum Gasteiger partial charge on any atom is 0.220 e. The van der Waals surface area contributed by atoms with Crippen LogP contribution in [0, 0.1) is 0 Å². The molecule has 0 aliphatic heterocycles. The molecule has 0 aliphatic carbocycles. The average Bonchev–Trinajstić information content (AvgIpc) is 2.44. The molecule has 1 atom stereocenters. The third kappa shape index (κ3) is 5.46. The molecule has 0 saturated carbocycles. The van der Waals surface area contributed by atoms with Crippen molar-refractivity contribution in [3.63, 3.8) is 0 Å². The second-order valence-corrected chi connectivity index (χ2v) is 5.29. The van der Waals surface area contributed by atoms with Gasteiger partial charge in [0.05, 0.1) is 20.3 Å². The predicted octanol–water partition coefficient (Wildman–Crippen LogP) is 2.73. The lowest BCUT2D eigenvalue weighted by molar-refractivity contribution is -0.107. The van der Waals surface area contributed by atoms with Crippen molar-refractivity contribution in [2.24, 2.45) is 0 Å². The largest absolute Gasteiger partial charge is 0.481 e. The van der Waals surface area contributed by atoms with E-state index in [9.17, 15) is 4.79 Å². The lowest BCUT2D eigenvalue weighted by atomic mass is 10.2. The summed E-state index contributed by atoms with van der Waals surface area (Å²) >= 11 is 1.50. The number of nitrogens with zero attached hydrogens (tertiary/aromatic N) is 2. The van der Waals surface area contributed by atoms with Crippen molar-refractivity contribution in [3.05, 3.63) is 6.07 Å². The number of carbonyl (C=O) groups is 1. The molecule has 0 N–H and O–H groups in total. The molecular formula is C13H20N2O3S. The molecule has 1 aromatic rings. The fourth-order valence-electron chi connectivity index (χ4n) is 1.56. The van der Waals surface area contributed by atoms with Crippen LogP contribution in [0.1, 0.15) is 32.6 Å². The molecule has 1 rings (SSSR count). The number of ether oxygens (including phenoxy) is 2. The molecule has 0 radical (unpaired) electrons. The number of thioether (sulfide) groups is 1. The first-order valence-corrected chi connectivity index (χ1v) is 7.18. The van der Waals surface area contributed by atoms with Crippen LogP contribution in [-0.4, -0.2) is 35.7 Å². The van der Waals surface area contributed by atoms with Crippen molar-refractivity contribution in [1.29, 1.82) is 0 Å². The predicted molar refractivity (Wildman–Crippen MR) is 75.0 cm³/mol. The highest BCUT2D eigenvalue weighted by molar-refractivity contribution is 7.99. The molecule has 5 nitrogen and oxygen atoms in total. The summed E-state index contributed by atoms with van der Waals surface area (Å²) < 4.78 is 10.2. The van der Waals surface area contributed by atoms with Crippen LogP contribution in [0.4, 0.5) is 0 Å². The van der Waals surface area contributed by atoms with E-state index in [1.807, 2.05) is 0 Å². The topological polar surface area (TPSA) is 61.3 Å². The smallest absolute Gasteiger partial charge is 0.220 e. The minimum atomic E-state index is 0.203. The molecule has 0 aliphatic rings. The van der Waals surface area contributed by atoms with Crippen molar-refractivity contribution in [2.75, 3.05) is 14.2 Å². The Morgan fingerprint density at radius 2 is 1.95 bits per heavy atom. The Labute approximate surface area is 118 Å². The molecule has 0 bridgehead atoms. The van der Waals surface area contributed by atoms with Crippen LogP contribution in [0.15, 0.2) is 11.2 Å². The van der Waals surface area contributed by atoms with E-state index in [1.54, 1.807) is 20.3 Å². The van der Waals surface area contributed by atoms with E-state index in [2.05, 4.69) is 16.9 Å². The summed E-state index contributed by atoms with van der Waals surface area (Å²) in [7, 11) is 3.10. The Kier molecular flexibility index (Phi) is 7.25. The Hall–Kier alpha value is -1.30. The lowest BCUT2D eigenvalue weighted by Gasteiger charge is -2.13. The number of carbonyl (C=O) groups excluding carboxylic acids is 1. The van der Waals surface area contributed by atoms with Gasteiger partial charge in [0, 0.05) is 11.7 Å². The number of hydrogen-bond donors (Lipinski definition) is 0.